The molecule has 0 aliphatic rings. The van der Waals surface area contributed by atoms with Crippen molar-refractivity contribution in [2.24, 2.45) is 0 Å². The predicted molar refractivity (Wildman–Crippen MR) is 71.0 cm³/mol. The number of aliphatic carboxylic acids is 1. The van der Waals surface area contributed by atoms with Crippen LogP contribution >= 0.6 is 0 Å². The van der Waals surface area contributed by atoms with E-state index in [1.165, 1.54) is 17.0 Å². The highest BCUT2D eigenvalue weighted by molar-refractivity contribution is 5.93. The number of amides is 1. The van der Waals surface area contributed by atoms with Crippen LogP contribution in [0.2, 0.25) is 0 Å². The van der Waals surface area contributed by atoms with Gasteiger partial charge in [0.05, 0.1) is 12.0 Å². The van der Waals surface area contributed by atoms with Crippen molar-refractivity contribution in [1.82, 2.24) is 0 Å². The third-order valence-corrected chi connectivity index (χ3v) is 2.82. The van der Waals surface area contributed by atoms with Crippen LogP contribution in [0.1, 0.15) is 31.7 Å². The Kier molecular flexibility index (Phi) is 5.75. The number of alkyl halides is 3. The zero-order chi connectivity index (χ0) is 16.0. The number of hydrogen-bond acceptors (Lipinski definition) is 2. The molecule has 1 amide bonds. The second-order valence-electron chi connectivity index (χ2n) is 4.48. The minimum Gasteiger partial charge on any atom is -0.481 e. The van der Waals surface area contributed by atoms with Crippen molar-refractivity contribution >= 4 is 17.6 Å². The Bertz CT molecular complexity index is 497. The van der Waals surface area contributed by atoms with Gasteiger partial charge >= 0.3 is 12.1 Å². The molecular weight excluding hydrogens is 287 g/mol. The molecule has 0 saturated heterocycles. The van der Waals surface area contributed by atoms with E-state index in [9.17, 15) is 22.8 Å². The number of hydrogen-bond donors (Lipinski definition) is 1. The van der Waals surface area contributed by atoms with Gasteiger partial charge in [-0.05, 0) is 30.7 Å². The number of halogens is 3. The fourth-order valence-corrected chi connectivity index (χ4v) is 1.78. The van der Waals surface area contributed by atoms with Gasteiger partial charge in [-0.25, -0.2) is 0 Å². The number of rotatable bonds is 6. The Morgan fingerprint density at radius 1 is 1.14 bits per heavy atom. The number of benzene rings is 1. The number of anilines is 1. The topological polar surface area (TPSA) is 57.6 Å². The summed E-state index contributed by atoms with van der Waals surface area (Å²) in [6.45, 7) is 1.72. The molecule has 1 N–H and O–H groups in total. The molecule has 0 spiro atoms. The van der Waals surface area contributed by atoms with Gasteiger partial charge in [-0.1, -0.05) is 6.92 Å². The molecule has 0 atom stereocenters. The molecule has 0 unspecified atom stereocenters. The Morgan fingerprint density at radius 3 is 2.14 bits per heavy atom. The molecule has 1 aromatic rings. The van der Waals surface area contributed by atoms with Crippen LogP contribution in [-0.4, -0.2) is 23.5 Å². The molecule has 0 aliphatic carbocycles. The molecule has 1 rings (SSSR count). The van der Waals surface area contributed by atoms with Crippen molar-refractivity contribution < 1.29 is 27.9 Å². The molecule has 0 fully saturated rings. The first-order valence-corrected chi connectivity index (χ1v) is 6.45. The first-order chi connectivity index (χ1) is 9.75. The lowest BCUT2D eigenvalue weighted by molar-refractivity contribution is -0.138. The number of nitrogens with zero attached hydrogens (tertiary/aromatic N) is 1. The van der Waals surface area contributed by atoms with E-state index in [-0.39, 0.29) is 31.0 Å². The molecule has 0 heterocycles. The fraction of sp³-hybridized carbons (Fsp3) is 0.429. The highest BCUT2D eigenvalue weighted by atomic mass is 19.4. The van der Waals surface area contributed by atoms with Gasteiger partial charge in [0.2, 0.25) is 5.91 Å². The minimum absolute atomic E-state index is 0.0699. The molecule has 4 nitrogen and oxygen atoms in total. The van der Waals surface area contributed by atoms with Crippen LogP contribution in [0.15, 0.2) is 24.3 Å². The molecule has 0 aromatic heterocycles. The summed E-state index contributed by atoms with van der Waals surface area (Å²) in [4.78, 5) is 23.8. The molecule has 7 heteroatoms. The molecule has 0 bridgehead atoms. The van der Waals surface area contributed by atoms with Gasteiger partial charge in [0.1, 0.15) is 0 Å². The fourth-order valence-electron chi connectivity index (χ4n) is 1.78. The van der Waals surface area contributed by atoms with Crippen LogP contribution in [0.5, 0.6) is 0 Å². The molecular formula is C14H16F3NO3. The SMILES string of the molecule is CCCC(=O)N(CCC(=O)O)c1ccc(C(F)(F)F)cc1. The van der Waals surface area contributed by atoms with Crippen molar-refractivity contribution in [2.75, 3.05) is 11.4 Å². The first kappa shape index (κ1) is 17.0. The maximum atomic E-state index is 12.5. The predicted octanol–water partition coefficient (Wildman–Crippen LogP) is 3.31. The van der Waals surface area contributed by atoms with Gasteiger partial charge in [0, 0.05) is 18.7 Å². The minimum atomic E-state index is -4.45. The summed E-state index contributed by atoms with van der Waals surface area (Å²) in [5, 5.41) is 8.69. The molecule has 21 heavy (non-hydrogen) atoms. The smallest absolute Gasteiger partial charge is 0.416 e. The van der Waals surface area contributed by atoms with Crippen molar-refractivity contribution in [1.29, 1.82) is 0 Å². The average molecular weight is 303 g/mol. The van der Waals surface area contributed by atoms with E-state index in [2.05, 4.69) is 0 Å². The van der Waals surface area contributed by atoms with Crippen LogP contribution in [0.25, 0.3) is 0 Å². The van der Waals surface area contributed by atoms with Gasteiger partial charge < -0.3 is 10.0 Å². The zero-order valence-electron chi connectivity index (χ0n) is 11.5. The second kappa shape index (κ2) is 7.10. The van der Waals surface area contributed by atoms with E-state index >= 15 is 0 Å². The molecule has 1 aromatic carbocycles. The summed E-state index contributed by atoms with van der Waals surface area (Å²) < 4.78 is 37.5. The summed E-state index contributed by atoms with van der Waals surface area (Å²) in [5.41, 5.74) is -0.546. The van der Waals surface area contributed by atoms with Gasteiger partial charge in [-0.15, -0.1) is 0 Å². The number of carboxylic acid groups (broad SMARTS) is 1. The van der Waals surface area contributed by atoms with Crippen molar-refractivity contribution in [3.05, 3.63) is 29.8 Å². The van der Waals surface area contributed by atoms with E-state index in [4.69, 9.17) is 5.11 Å². The normalized spacial score (nSPS) is 11.2. The summed E-state index contributed by atoms with van der Waals surface area (Å²) in [5.74, 6) is -1.38. The lowest BCUT2D eigenvalue weighted by Crippen LogP contribution is -2.32. The first-order valence-electron chi connectivity index (χ1n) is 6.45. The Labute approximate surface area is 120 Å². The van der Waals surface area contributed by atoms with E-state index < -0.39 is 17.7 Å². The van der Waals surface area contributed by atoms with Gasteiger partial charge in [0.25, 0.3) is 0 Å². The number of carbonyl (C=O) groups is 2. The molecule has 0 radical (unpaired) electrons. The van der Waals surface area contributed by atoms with Crippen LogP contribution in [0, 0.1) is 0 Å². The van der Waals surface area contributed by atoms with Gasteiger partial charge in [-0.3, -0.25) is 9.59 Å². The van der Waals surface area contributed by atoms with E-state index in [0.717, 1.165) is 12.1 Å². The van der Waals surface area contributed by atoms with Crippen molar-refractivity contribution in [2.45, 2.75) is 32.4 Å². The van der Waals surface area contributed by atoms with Crippen molar-refractivity contribution in [3.63, 3.8) is 0 Å². The second-order valence-corrected chi connectivity index (χ2v) is 4.48. The average Bonchev–Trinajstić information content (AvgIpc) is 2.38. The van der Waals surface area contributed by atoms with Crippen LogP contribution < -0.4 is 4.90 Å². The Morgan fingerprint density at radius 2 is 1.71 bits per heavy atom. The van der Waals surface area contributed by atoms with Crippen LogP contribution in [0.4, 0.5) is 18.9 Å². The quantitative estimate of drug-likeness (QED) is 0.877. The Balaban J connectivity index is 2.96. The summed E-state index contributed by atoms with van der Waals surface area (Å²) in [7, 11) is 0. The van der Waals surface area contributed by atoms with Crippen molar-refractivity contribution in [3.8, 4) is 0 Å². The maximum absolute atomic E-state index is 12.5. The standard InChI is InChI=1S/C14H16F3NO3/c1-2-3-12(19)18(9-8-13(20)21)11-6-4-10(5-7-11)14(15,16)17/h4-7H,2-3,8-9H2,1H3,(H,20,21). The largest absolute Gasteiger partial charge is 0.481 e. The summed E-state index contributed by atoms with van der Waals surface area (Å²) in [6.07, 6.45) is -3.93. The monoisotopic (exact) mass is 303 g/mol. The van der Waals surface area contributed by atoms with E-state index in [1.54, 1.807) is 6.92 Å². The van der Waals surface area contributed by atoms with Crippen LogP contribution in [-0.2, 0) is 15.8 Å². The lowest BCUT2D eigenvalue weighted by atomic mass is 10.1. The zero-order valence-corrected chi connectivity index (χ0v) is 11.5. The number of carbonyl (C=O) groups excluding carboxylic acids is 1. The highest BCUT2D eigenvalue weighted by Gasteiger charge is 2.30. The molecule has 0 saturated carbocycles. The highest BCUT2D eigenvalue weighted by Crippen LogP contribution is 2.30. The van der Waals surface area contributed by atoms with Gasteiger partial charge in [-0.2, -0.15) is 13.2 Å². The number of carboxylic acids is 1. The van der Waals surface area contributed by atoms with E-state index in [1.807, 2.05) is 0 Å². The molecule has 116 valence electrons. The lowest BCUT2D eigenvalue weighted by Gasteiger charge is -2.22. The summed E-state index contributed by atoms with van der Waals surface area (Å²) in [6, 6.07) is 4.11. The maximum Gasteiger partial charge on any atom is 0.416 e. The summed E-state index contributed by atoms with van der Waals surface area (Å²) >= 11 is 0. The molecule has 0 aliphatic heterocycles. The third-order valence-electron chi connectivity index (χ3n) is 2.82. The third kappa shape index (κ3) is 5.09. The van der Waals surface area contributed by atoms with E-state index in [0.29, 0.717) is 6.42 Å². The Hall–Kier alpha value is -2.05. The van der Waals surface area contributed by atoms with Crippen LogP contribution in [0.3, 0.4) is 0 Å². The van der Waals surface area contributed by atoms with Gasteiger partial charge in [0.15, 0.2) is 0 Å².